The van der Waals surface area contributed by atoms with Crippen LogP contribution < -0.4 is 4.74 Å². The topological polar surface area (TPSA) is 47.3 Å². The smallest absolute Gasteiger partial charge is 0.130 e. The van der Waals surface area contributed by atoms with Crippen LogP contribution in [0.5, 0.6) is 5.75 Å². The first-order chi connectivity index (χ1) is 8.58. The van der Waals surface area contributed by atoms with Gasteiger partial charge in [0, 0.05) is 17.1 Å². The summed E-state index contributed by atoms with van der Waals surface area (Å²) >= 11 is 3.39. The van der Waals surface area contributed by atoms with Crippen LogP contribution in [0.15, 0.2) is 35.2 Å². The van der Waals surface area contributed by atoms with Crippen LogP contribution in [0.1, 0.15) is 24.3 Å². The van der Waals surface area contributed by atoms with Gasteiger partial charge in [-0.15, -0.1) is 0 Å². The molecule has 0 saturated heterocycles. The average Bonchev–Trinajstić information content (AvgIpc) is 2.73. The van der Waals surface area contributed by atoms with Gasteiger partial charge in [0.15, 0.2) is 0 Å². The third kappa shape index (κ3) is 2.91. The van der Waals surface area contributed by atoms with Crippen molar-refractivity contribution in [2.75, 3.05) is 0 Å². The van der Waals surface area contributed by atoms with Crippen LogP contribution in [0.3, 0.4) is 0 Å². The Morgan fingerprint density at radius 1 is 1.50 bits per heavy atom. The van der Waals surface area contributed by atoms with E-state index in [1.165, 1.54) is 0 Å². The number of aromatic nitrogens is 2. The fourth-order valence-electron chi connectivity index (χ4n) is 1.65. The standard InChI is InChI=1S/C13H15BrN2O2/c1-9(17)12-5-10(14)3-4-13(12)18-7-11-6-15-8-16(11)2/h3-6,8-9,17H,7H2,1-2H3. The Morgan fingerprint density at radius 2 is 2.28 bits per heavy atom. The molecule has 96 valence electrons. The minimum atomic E-state index is -0.566. The molecule has 1 N–H and O–H groups in total. The van der Waals surface area contributed by atoms with Crippen molar-refractivity contribution >= 4 is 15.9 Å². The minimum Gasteiger partial charge on any atom is -0.487 e. The molecule has 0 saturated carbocycles. The van der Waals surface area contributed by atoms with Gasteiger partial charge >= 0.3 is 0 Å². The molecule has 1 atom stereocenters. The van der Waals surface area contributed by atoms with Gasteiger partial charge in [-0.2, -0.15) is 0 Å². The molecule has 18 heavy (non-hydrogen) atoms. The quantitative estimate of drug-likeness (QED) is 0.944. The number of aryl methyl sites for hydroxylation is 1. The largest absolute Gasteiger partial charge is 0.487 e. The Kier molecular flexibility index (Phi) is 4.04. The summed E-state index contributed by atoms with van der Waals surface area (Å²) in [6, 6.07) is 5.61. The van der Waals surface area contributed by atoms with E-state index in [1.54, 1.807) is 19.4 Å². The van der Waals surface area contributed by atoms with Crippen LogP contribution in [0.25, 0.3) is 0 Å². The van der Waals surface area contributed by atoms with E-state index in [2.05, 4.69) is 20.9 Å². The van der Waals surface area contributed by atoms with Gasteiger partial charge in [-0.05, 0) is 25.1 Å². The molecule has 0 spiro atoms. The molecule has 0 aliphatic rings. The molecule has 2 rings (SSSR count). The van der Waals surface area contributed by atoms with Crippen molar-refractivity contribution in [1.29, 1.82) is 0 Å². The van der Waals surface area contributed by atoms with Crippen molar-refractivity contribution in [2.24, 2.45) is 7.05 Å². The zero-order valence-corrected chi connectivity index (χ0v) is 11.9. The summed E-state index contributed by atoms with van der Waals surface area (Å²) < 4.78 is 8.56. The lowest BCUT2D eigenvalue weighted by molar-refractivity contribution is 0.189. The summed E-state index contributed by atoms with van der Waals surface area (Å²) in [7, 11) is 1.92. The van der Waals surface area contributed by atoms with Crippen LogP contribution in [-0.4, -0.2) is 14.7 Å². The predicted octanol–water partition coefficient (Wildman–Crippen LogP) is 2.81. The van der Waals surface area contributed by atoms with Crippen LogP contribution in [0.4, 0.5) is 0 Å². The van der Waals surface area contributed by atoms with Gasteiger partial charge in [-0.25, -0.2) is 4.98 Å². The van der Waals surface area contributed by atoms with Gasteiger partial charge in [-0.3, -0.25) is 0 Å². The van der Waals surface area contributed by atoms with E-state index in [9.17, 15) is 5.11 Å². The van der Waals surface area contributed by atoms with Crippen molar-refractivity contribution in [2.45, 2.75) is 19.6 Å². The number of ether oxygens (including phenoxy) is 1. The molecule has 5 heteroatoms. The van der Waals surface area contributed by atoms with E-state index in [0.29, 0.717) is 12.4 Å². The summed E-state index contributed by atoms with van der Waals surface area (Å²) in [5, 5.41) is 9.72. The number of benzene rings is 1. The first kappa shape index (κ1) is 13.1. The zero-order valence-electron chi connectivity index (χ0n) is 10.3. The Hall–Kier alpha value is -1.33. The lowest BCUT2D eigenvalue weighted by Crippen LogP contribution is -2.04. The van der Waals surface area contributed by atoms with Gasteiger partial charge in [0.2, 0.25) is 0 Å². The van der Waals surface area contributed by atoms with E-state index in [-0.39, 0.29) is 0 Å². The Bertz CT molecular complexity index is 538. The van der Waals surface area contributed by atoms with Crippen LogP contribution in [0.2, 0.25) is 0 Å². The number of halogens is 1. The second kappa shape index (κ2) is 5.54. The average molecular weight is 311 g/mol. The molecule has 0 amide bonds. The highest BCUT2D eigenvalue weighted by Crippen LogP contribution is 2.29. The first-order valence-corrected chi connectivity index (χ1v) is 6.42. The van der Waals surface area contributed by atoms with Crippen molar-refractivity contribution in [1.82, 2.24) is 9.55 Å². The highest BCUT2D eigenvalue weighted by atomic mass is 79.9. The molecule has 1 aromatic heterocycles. The van der Waals surface area contributed by atoms with E-state index in [1.807, 2.05) is 29.8 Å². The van der Waals surface area contributed by atoms with Crippen LogP contribution >= 0.6 is 15.9 Å². The number of imidazole rings is 1. The summed E-state index contributed by atoms with van der Waals surface area (Å²) in [5.74, 6) is 0.689. The van der Waals surface area contributed by atoms with Gasteiger partial charge in [0.05, 0.1) is 24.3 Å². The molecule has 0 bridgehead atoms. The van der Waals surface area contributed by atoms with Gasteiger partial charge < -0.3 is 14.4 Å². The molecule has 1 aromatic carbocycles. The molecule has 0 aliphatic carbocycles. The molecule has 4 nitrogen and oxygen atoms in total. The van der Waals surface area contributed by atoms with E-state index in [0.717, 1.165) is 15.7 Å². The molecule has 0 fully saturated rings. The molecule has 0 radical (unpaired) electrons. The Balaban J connectivity index is 2.16. The van der Waals surface area contributed by atoms with Crippen LogP contribution in [-0.2, 0) is 13.7 Å². The SMILES string of the molecule is CC(O)c1cc(Br)ccc1OCc1cncn1C. The van der Waals surface area contributed by atoms with Crippen LogP contribution in [0, 0.1) is 0 Å². The third-order valence-corrected chi connectivity index (χ3v) is 3.21. The normalized spacial score (nSPS) is 12.4. The summed E-state index contributed by atoms with van der Waals surface area (Å²) in [6.07, 6.45) is 2.93. The number of aliphatic hydroxyl groups excluding tert-OH is 1. The number of hydrogen-bond donors (Lipinski definition) is 1. The van der Waals surface area contributed by atoms with Crippen molar-refractivity contribution < 1.29 is 9.84 Å². The lowest BCUT2D eigenvalue weighted by Gasteiger charge is -2.14. The number of aliphatic hydroxyl groups is 1. The fourth-order valence-corrected chi connectivity index (χ4v) is 2.03. The molecular formula is C13H15BrN2O2. The first-order valence-electron chi connectivity index (χ1n) is 5.63. The highest BCUT2D eigenvalue weighted by molar-refractivity contribution is 9.10. The van der Waals surface area contributed by atoms with Crippen molar-refractivity contribution in [3.63, 3.8) is 0 Å². The molecule has 1 unspecified atom stereocenters. The van der Waals surface area contributed by atoms with Gasteiger partial charge in [0.25, 0.3) is 0 Å². The molecular weight excluding hydrogens is 296 g/mol. The fraction of sp³-hybridized carbons (Fsp3) is 0.308. The summed E-state index contributed by atoms with van der Waals surface area (Å²) in [4.78, 5) is 4.03. The second-order valence-corrected chi connectivity index (χ2v) is 5.06. The molecule has 1 heterocycles. The third-order valence-electron chi connectivity index (χ3n) is 2.71. The monoisotopic (exact) mass is 310 g/mol. The maximum Gasteiger partial charge on any atom is 0.130 e. The number of rotatable bonds is 4. The zero-order chi connectivity index (χ0) is 13.1. The molecule has 0 aliphatic heterocycles. The van der Waals surface area contributed by atoms with E-state index >= 15 is 0 Å². The van der Waals surface area contributed by atoms with Crippen molar-refractivity contribution in [3.05, 3.63) is 46.5 Å². The van der Waals surface area contributed by atoms with E-state index in [4.69, 9.17) is 4.74 Å². The van der Waals surface area contributed by atoms with Gasteiger partial charge in [0.1, 0.15) is 12.4 Å². The van der Waals surface area contributed by atoms with E-state index < -0.39 is 6.10 Å². The summed E-state index contributed by atoms with van der Waals surface area (Å²) in [6.45, 7) is 2.15. The van der Waals surface area contributed by atoms with Crippen molar-refractivity contribution in [3.8, 4) is 5.75 Å². The predicted molar refractivity (Wildman–Crippen MR) is 72.3 cm³/mol. The maximum absolute atomic E-state index is 9.72. The second-order valence-electron chi connectivity index (χ2n) is 4.14. The lowest BCUT2D eigenvalue weighted by atomic mass is 10.1. The summed E-state index contributed by atoms with van der Waals surface area (Å²) in [5.41, 5.74) is 1.75. The minimum absolute atomic E-state index is 0.428. The Morgan fingerprint density at radius 3 is 2.89 bits per heavy atom. The maximum atomic E-state index is 9.72. The van der Waals surface area contributed by atoms with Gasteiger partial charge in [-0.1, -0.05) is 15.9 Å². The molecule has 2 aromatic rings. The number of hydrogen-bond acceptors (Lipinski definition) is 3. The number of nitrogens with zero attached hydrogens (tertiary/aromatic N) is 2. The highest BCUT2D eigenvalue weighted by Gasteiger charge is 2.10. The Labute approximate surface area is 114 Å².